The summed E-state index contributed by atoms with van der Waals surface area (Å²) in [5.41, 5.74) is 0.297. The molecule has 6 heteroatoms. The molecule has 0 spiro atoms. The van der Waals surface area contributed by atoms with Crippen molar-refractivity contribution in [2.75, 3.05) is 5.21 Å². The zero-order chi connectivity index (χ0) is 11.5. The van der Waals surface area contributed by atoms with Gasteiger partial charge >= 0.3 is 0 Å². The fourth-order valence-corrected chi connectivity index (χ4v) is 2.11. The Morgan fingerprint density at radius 2 is 2.07 bits per heavy atom. The lowest BCUT2D eigenvalue weighted by atomic mass is 10.1. The minimum absolute atomic E-state index is 0.297. The summed E-state index contributed by atoms with van der Waals surface area (Å²) in [6.45, 7) is 1.56. The van der Waals surface area contributed by atoms with Gasteiger partial charge in [0.2, 0.25) is 10.0 Å². The summed E-state index contributed by atoms with van der Waals surface area (Å²) in [6, 6.07) is 5.36. The van der Waals surface area contributed by atoms with Gasteiger partial charge in [-0.3, -0.25) is 0 Å². The van der Waals surface area contributed by atoms with E-state index in [-0.39, 0.29) is 0 Å². The van der Waals surface area contributed by atoms with Gasteiger partial charge in [-0.15, -0.1) is 11.6 Å². The van der Waals surface area contributed by atoms with Crippen molar-refractivity contribution in [3.63, 3.8) is 0 Å². The molecule has 0 bridgehead atoms. The number of sulfonamides is 1. The third kappa shape index (κ3) is 3.44. The first-order valence-electron chi connectivity index (χ1n) is 4.26. The molecule has 1 rings (SSSR count). The second-order valence-electron chi connectivity index (χ2n) is 3.08. The zero-order valence-electron chi connectivity index (χ0n) is 8.07. The first kappa shape index (κ1) is 12.4. The van der Waals surface area contributed by atoms with Crippen LogP contribution in [0.5, 0.6) is 0 Å². The van der Waals surface area contributed by atoms with E-state index in [4.69, 9.17) is 11.6 Å². The van der Waals surface area contributed by atoms with Crippen LogP contribution in [0.2, 0.25) is 0 Å². The van der Waals surface area contributed by atoms with Gasteiger partial charge < -0.3 is 0 Å². The van der Waals surface area contributed by atoms with Gasteiger partial charge in [-0.05, 0) is 13.0 Å². The van der Waals surface area contributed by atoms with E-state index >= 15 is 0 Å². The average Bonchev–Trinajstić information content (AvgIpc) is 2.17. The molecule has 0 saturated carbocycles. The standard InChI is InChI=1S/C9H11ClFNO2S/c1-7(12-15(13,14)6-10)8-4-2-3-5-9(8)11/h2-5,7,12H,6H2,1H3. The molecule has 1 aromatic rings. The van der Waals surface area contributed by atoms with E-state index in [2.05, 4.69) is 4.72 Å². The second-order valence-corrected chi connectivity index (χ2v) is 5.42. The van der Waals surface area contributed by atoms with Crippen LogP contribution in [0.3, 0.4) is 0 Å². The van der Waals surface area contributed by atoms with E-state index in [1.807, 2.05) is 0 Å². The predicted octanol–water partition coefficient (Wildman–Crippen LogP) is 2.00. The third-order valence-electron chi connectivity index (χ3n) is 1.87. The molecule has 0 aliphatic rings. The number of nitrogens with one attached hydrogen (secondary N) is 1. The van der Waals surface area contributed by atoms with Crippen molar-refractivity contribution in [2.45, 2.75) is 13.0 Å². The summed E-state index contributed by atoms with van der Waals surface area (Å²) >= 11 is 5.22. The highest BCUT2D eigenvalue weighted by Gasteiger charge is 2.16. The quantitative estimate of drug-likeness (QED) is 0.832. The Kier molecular flexibility index (Phi) is 4.07. The van der Waals surface area contributed by atoms with E-state index in [1.165, 1.54) is 12.1 Å². The Hall–Kier alpha value is -0.650. The van der Waals surface area contributed by atoms with E-state index in [0.29, 0.717) is 5.56 Å². The van der Waals surface area contributed by atoms with Crippen LogP contribution in [0, 0.1) is 5.82 Å². The smallest absolute Gasteiger partial charge is 0.211 e. The largest absolute Gasteiger partial charge is 0.226 e. The van der Waals surface area contributed by atoms with Gasteiger partial charge in [-0.2, -0.15) is 0 Å². The Morgan fingerprint density at radius 3 is 2.60 bits per heavy atom. The Morgan fingerprint density at radius 1 is 1.47 bits per heavy atom. The second kappa shape index (κ2) is 4.92. The number of halogens is 2. The maximum atomic E-state index is 13.3. The molecule has 0 aliphatic carbocycles. The average molecular weight is 252 g/mol. The molecule has 0 radical (unpaired) electrons. The molecule has 0 amide bonds. The summed E-state index contributed by atoms with van der Waals surface area (Å²) in [4.78, 5) is 0. The summed E-state index contributed by atoms with van der Waals surface area (Å²) in [7, 11) is -3.53. The Balaban J connectivity index is 2.87. The van der Waals surface area contributed by atoms with Gasteiger partial charge in [0.15, 0.2) is 0 Å². The lowest BCUT2D eigenvalue weighted by molar-refractivity contribution is 0.553. The van der Waals surface area contributed by atoms with Crippen LogP contribution in [0.15, 0.2) is 24.3 Å². The first-order valence-corrected chi connectivity index (χ1v) is 6.45. The molecule has 84 valence electrons. The molecule has 1 N–H and O–H groups in total. The van der Waals surface area contributed by atoms with Crippen molar-refractivity contribution < 1.29 is 12.8 Å². The van der Waals surface area contributed by atoms with Crippen LogP contribution in [-0.4, -0.2) is 13.6 Å². The predicted molar refractivity (Wildman–Crippen MR) is 57.6 cm³/mol. The minimum Gasteiger partial charge on any atom is -0.211 e. The van der Waals surface area contributed by atoms with Gasteiger partial charge in [0, 0.05) is 11.6 Å². The maximum Gasteiger partial charge on any atom is 0.226 e. The number of alkyl halides is 1. The van der Waals surface area contributed by atoms with E-state index in [0.717, 1.165) is 0 Å². The summed E-state index contributed by atoms with van der Waals surface area (Å²) in [5.74, 6) is -0.442. The molecule has 15 heavy (non-hydrogen) atoms. The summed E-state index contributed by atoms with van der Waals surface area (Å²) in [5, 5.41) is -0.536. The molecule has 1 unspecified atom stereocenters. The Labute approximate surface area is 93.3 Å². The number of hydrogen-bond donors (Lipinski definition) is 1. The number of benzene rings is 1. The molecule has 1 aromatic carbocycles. The molecular formula is C9H11ClFNO2S. The van der Waals surface area contributed by atoms with Crippen LogP contribution in [0.4, 0.5) is 4.39 Å². The first-order chi connectivity index (χ1) is 6.96. The molecule has 0 aromatic heterocycles. The van der Waals surface area contributed by atoms with Crippen molar-refractivity contribution in [1.82, 2.24) is 4.72 Å². The highest BCUT2D eigenvalue weighted by Crippen LogP contribution is 2.16. The van der Waals surface area contributed by atoms with Crippen LogP contribution in [0.1, 0.15) is 18.5 Å². The van der Waals surface area contributed by atoms with Crippen molar-refractivity contribution >= 4 is 21.6 Å². The van der Waals surface area contributed by atoms with Crippen molar-refractivity contribution in [1.29, 1.82) is 0 Å². The van der Waals surface area contributed by atoms with Crippen molar-refractivity contribution in [3.05, 3.63) is 35.6 Å². The fraction of sp³-hybridized carbons (Fsp3) is 0.333. The summed E-state index contributed by atoms with van der Waals surface area (Å²) in [6.07, 6.45) is 0. The lowest BCUT2D eigenvalue weighted by Gasteiger charge is -2.13. The molecule has 0 heterocycles. The Bertz CT molecular complexity index is 435. The van der Waals surface area contributed by atoms with Crippen molar-refractivity contribution in [3.8, 4) is 0 Å². The SMILES string of the molecule is CC(NS(=O)(=O)CCl)c1ccccc1F. The van der Waals surface area contributed by atoms with Crippen molar-refractivity contribution in [2.24, 2.45) is 0 Å². The molecular weight excluding hydrogens is 241 g/mol. The number of rotatable bonds is 4. The molecule has 0 saturated heterocycles. The number of hydrogen-bond acceptors (Lipinski definition) is 2. The van der Waals surface area contributed by atoms with Gasteiger partial charge in [-0.25, -0.2) is 17.5 Å². The maximum absolute atomic E-state index is 13.3. The van der Waals surface area contributed by atoms with Gasteiger partial charge in [0.05, 0.1) is 0 Å². The third-order valence-corrected chi connectivity index (χ3v) is 3.73. The summed E-state index contributed by atoms with van der Waals surface area (Å²) < 4.78 is 37.8. The molecule has 1 atom stereocenters. The molecule has 3 nitrogen and oxygen atoms in total. The van der Waals surface area contributed by atoms with Crippen LogP contribution < -0.4 is 4.72 Å². The molecule has 0 aliphatic heterocycles. The van der Waals surface area contributed by atoms with E-state index < -0.39 is 27.1 Å². The van der Waals surface area contributed by atoms with E-state index in [9.17, 15) is 12.8 Å². The van der Waals surface area contributed by atoms with Crippen LogP contribution in [-0.2, 0) is 10.0 Å². The van der Waals surface area contributed by atoms with Gasteiger partial charge in [-0.1, -0.05) is 18.2 Å². The normalized spacial score (nSPS) is 13.8. The van der Waals surface area contributed by atoms with Gasteiger partial charge in [0.1, 0.15) is 11.0 Å². The van der Waals surface area contributed by atoms with Crippen LogP contribution in [0.25, 0.3) is 0 Å². The van der Waals surface area contributed by atoms with Crippen LogP contribution >= 0.6 is 11.6 Å². The highest BCUT2D eigenvalue weighted by atomic mass is 35.5. The molecule has 0 fully saturated rings. The highest BCUT2D eigenvalue weighted by molar-refractivity contribution is 7.90. The zero-order valence-corrected chi connectivity index (χ0v) is 9.65. The lowest BCUT2D eigenvalue weighted by Crippen LogP contribution is -2.28. The minimum atomic E-state index is -3.53. The monoisotopic (exact) mass is 251 g/mol. The topological polar surface area (TPSA) is 46.2 Å². The van der Waals surface area contributed by atoms with E-state index in [1.54, 1.807) is 19.1 Å². The van der Waals surface area contributed by atoms with Gasteiger partial charge in [0.25, 0.3) is 0 Å². The fourth-order valence-electron chi connectivity index (χ4n) is 1.19.